The first-order valence-electron chi connectivity index (χ1n) is 4.08. The molecule has 0 fully saturated rings. The highest BCUT2D eigenvalue weighted by Crippen LogP contribution is 2.22. The Labute approximate surface area is 90.0 Å². The maximum absolute atomic E-state index is 11.5. The summed E-state index contributed by atoms with van der Waals surface area (Å²) in [7, 11) is 0. The SMILES string of the molecule is CCOCCC(=O)c1cscc1Br. The molecule has 0 N–H and O–H groups in total. The van der Waals surface area contributed by atoms with Gasteiger partial charge < -0.3 is 4.74 Å². The van der Waals surface area contributed by atoms with E-state index in [9.17, 15) is 4.79 Å². The Morgan fingerprint density at radius 3 is 2.92 bits per heavy atom. The van der Waals surface area contributed by atoms with Gasteiger partial charge in [0.25, 0.3) is 0 Å². The molecule has 0 amide bonds. The lowest BCUT2D eigenvalue weighted by Crippen LogP contribution is -2.04. The van der Waals surface area contributed by atoms with Crippen molar-refractivity contribution in [3.05, 3.63) is 20.8 Å². The maximum Gasteiger partial charge on any atom is 0.167 e. The quantitative estimate of drug-likeness (QED) is 0.602. The van der Waals surface area contributed by atoms with Crippen molar-refractivity contribution in [1.29, 1.82) is 0 Å². The van der Waals surface area contributed by atoms with Crippen LogP contribution in [0.5, 0.6) is 0 Å². The van der Waals surface area contributed by atoms with Crippen molar-refractivity contribution in [1.82, 2.24) is 0 Å². The average molecular weight is 263 g/mol. The highest BCUT2D eigenvalue weighted by molar-refractivity contribution is 9.10. The number of carbonyl (C=O) groups is 1. The second-order valence-corrected chi connectivity index (χ2v) is 4.10. The molecule has 1 aromatic heterocycles. The molecule has 0 bridgehead atoms. The van der Waals surface area contributed by atoms with Crippen molar-refractivity contribution in [3.8, 4) is 0 Å². The smallest absolute Gasteiger partial charge is 0.167 e. The first kappa shape index (κ1) is 10.9. The van der Waals surface area contributed by atoms with Crippen molar-refractivity contribution in [2.24, 2.45) is 0 Å². The van der Waals surface area contributed by atoms with E-state index in [1.165, 1.54) is 11.3 Å². The van der Waals surface area contributed by atoms with Gasteiger partial charge in [0.15, 0.2) is 5.78 Å². The molecule has 0 saturated carbocycles. The summed E-state index contributed by atoms with van der Waals surface area (Å²) in [6, 6.07) is 0. The molecule has 0 unspecified atom stereocenters. The summed E-state index contributed by atoms with van der Waals surface area (Å²) >= 11 is 4.85. The topological polar surface area (TPSA) is 26.3 Å². The van der Waals surface area contributed by atoms with Crippen molar-refractivity contribution in [2.45, 2.75) is 13.3 Å². The number of Topliss-reactive ketones (excluding diaryl/α,β-unsaturated/α-hetero) is 1. The van der Waals surface area contributed by atoms with Crippen LogP contribution >= 0.6 is 27.3 Å². The molecule has 13 heavy (non-hydrogen) atoms. The van der Waals surface area contributed by atoms with E-state index in [2.05, 4.69) is 15.9 Å². The van der Waals surface area contributed by atoms with Crippen molar-refractivity contribution < 1.29 is 9.53 Å². The van der Waals surface area contributed by atoms with Gasteiger partial charge in [0, 0.05) is 33.8 Å². The van der Waals surface area contributed by atoms with E-state index in [0.717, 1.165) is 10.0 Å². The number of ketones is 1. The third-order valence-corrected chi connectivity index (χ3v) is 3.30. The molecule has 0 saturated heterocycles. The van der Waals surface area contributed by atoms with Gasteiger partial charge in [-0.1, -0.05) is 0 Å². The molecule has 1 rings (SSSR count). The van der Waals surface area contributed by atoms with Gasteiger partial charge in [0.1, 0.15) is 0 Å². The fourth-order valence-corrected chi connectivity index (χ4v) is 2.44. The molecular formula is C9H11BrO2S. The molecule has 0 radical (unpaired) electrons. The van der Waals surface area contributed by atoms with Crippen molar-refractivity contribution in [3.63, 3.8) is 0 Å². The summed E-state index contributed by atoms with van der Waals surface area (Å²) in [5.41, 5.74) is 0.768. The van der Waals surface area contributed by atoms with Gasteiger partial charge in [-0.2, -0.15) is 11.3 Å². The lowest BCUT2D eigenvalue weighted by molar-refractivity contribution is 0.0895. The van der Waals surface area contributed by atoms with Gasteiger partial charge >= 0.3 is 0 Å². The number of ether oxygens (including phenoxy) is 1. The summed E-state index contributed by atoms with van der Waals surface area (Å²) in [4.78, 5) is 11.5. The second-order valence-electron chi connectivity index (χ2n) is 2.50. The van der Waals surface area contributed by atoms with Crippen LogP contribution in [0.1, 0.15) is 23.7 Å². The average Bonchev–Trinajstić information content (AvgIpc) is 2.52. The van der Waals surface area contributed by atoms with Gasteiger partial charge in [-0.25, -0.2) is 0 Å². The predicted molar refractivity (Wildman–Crippen MR) is 57.5 cm³/mol. The highest BCUT2D eigenvalue weighted by atomic mass is 79.9. The predicted octanol–water partition coefficient (Wildman–Crippen LogP) is 3.12. The first-order chi connectivity index (χ1) is 6.25. The van der Waals surface area contributed by atoms with Crippen LogP contribution in [-0.4, -0.2) is 19.0 Å². The van der Waals surface area contributed by atoms with E-state index in [-0.39, 0.29) is 5.78 Å². The van der Waals surface area contributed by atoms with Crippen LogP contribution in [0.3, 0.4) is 0 Å². The summed E-state index contributed by atoms with van der Waals surface area (Å²) in [6.07, 6.45) is 0.461. The monoisotopic (exact) mass is 262 g/mol. The summed E-state index contributed by atoms with van der Waals surface area (Å²) in [5.74, 6) is 0.140. The lowest BCUT2D eigenvalue weighted by Gasteiger charge is -1.99. The van der Waals surface area contributed by atoms with E-state index in [4.69, 9.17) is 4.74 Å². The Kier molecular flexibility index (Phi) is 4.62. The summed E-state index contributed by atoms with van der Waals surface area (Å²) in [5, 5.41) is 3.77. The Hall–Kier alpha value is -0.190. The normalized spacial score (nSPS) is 10.3. The van der Waals surface area contributed by atoms with E-state index in [1.807, 2.05) is 17.7 Å². The molecule has 0 atom stereocenters. The second kappa shape index (κ2) is 5.52. The summed E-state index contributed by atoms with van der Waals surface area (Å²) in [6.45, 7) is 3.10. The van der Waals surface area contributed by atoms with Gasteiger partial charge in [-0.15, -0.1) is 0 Å². The molecule has 1 heterocycles. The Balaban J connectivity index is 2.45. The zero-order valence-corrected chi connectivity index (χ0v) is 9.78. The van der Waals surface area contributed by atoms with Crippen LogP contribution < -0.4 is 0 Å². The molecule has 4 heteroatoms. The molecule has 0 spiro atoms. The van der Waals surface area contributed by atoms with Crippen LogP contribution in [0, 0.1) is 0 Å². The Morgan fingerprint density at radius 1 is 1.62 bits per heavy atom. The molecule has 0 aliphatic carbocycles. The number of thiophene rings is 1. The van der Waals surface area contributed by atoms with Crippen LogP contribution in [0.15, 0.2) is 15.2 Å². The highest BCUT2D eigenvalue weighted by Gasteiger charge is 2.09. The number of hydrogen-bond acceptors (Lipinski definition) is 3. The van der Waals surface area contributed by atoms with Gasteiger partial charge in [-0.05, 0) is 22.9 Å². The van der Waals surface area contributed by atoms with E-state index in [0.29, 0.717) is 19.6 Å². The zero-order valence-electron chi connectivity index (χ0n) is 7.38. The third-order valence-electron chi connectivity index (χ3n) is 1.59. The van der Waals surface area contributed by atoms with Crippen LogP contribution in [-0.2, 0) is 4.74 Å². The Morgan fingerprint density at radius 2 is 2.38 bits per heavy atom. The molecule has 0 aliphatic heterocycles. The number of hydrogen-bond donors (Lipinski definition) is 0. The fourth-order valence-electron chi connectivity index (χ4n) is 0.924. The molecule has 0 aliphatic rings. The lowest BCUT2D eigenvalue weighted by atomic mass is 10.2. The van der Waals surface area contributed by atoms with Gasteiger partial charge in [0.2, 0.25) is 0 Å². The van der Waals surface area contributed by atoms with Crippen molar-refractivity contribution >= 4 is 33.0 Å². The maximum atomic E-state index is 11.5. The van der Waals surface area contributed by atoms with E-state index in [1.54, 1.807) is 0 Å². The third kappa shape index (κ3) is 3.21. The van der Waals surface area contributed by atoms with E-state index >= 15 is 0 Å². The number of halogens is 1. The summed E-state index contributed by atoms with van der Waals surface area (Å²) < 4.78 is 6.00. The number of carbonyl (C=O) groups excluding carboxylic acids is 1. The minimum Gasteiger partial charge on any atom is -0.381 e. The van der Waals surface area contributed by atoms with E-state index < -0.39 is 0 Å². The van der Waals surface area contributed by atoms with Crippen LogP contribution in [0.4, 0.5) is 0 Å². The zero-order chi connectivity index (χ0) is 9.68. The Bertz CT molecular complexity index is 283. The molecular weight excluding hydrogens is 252 g/mol. The largest absolute Gasteiger partial charge is 0.381 e. The molecule has 0 aromatic carbocycles. The van der Waals surface area contributed by atoms with Gasteiger partial charge in [-0.3, -0.25) is 4.79 Å². The molecule has 2 nitrogen and oxygen atoms in total. The van der Waals surface area contributed by atoms with Gasteiger partial charge in [0.05, 0.1) is 6.61 Å². The first-order valence-corrected chi connectivity index (χ1v) is 5.82. The number of rotatable bonds is 5. The molecule has 1 aromatic rings. The minimum atomic E-state index is 0.140. The van der Waals surface area contributed by atoms with Crippen LogP contribution in [0.25, 0.3) is 0 Å². The molecule has 72 valence electrons. The van der Waals surface area contributed by atoms with Crippen molar-refractivity contribution in [2.75, 3.05) is 13.2 Å². The standard InChI is InChI=1S/C9H11BrO2S/c1-2-12-4-3-9(11)7-5-13-6-8(7)10/h5-6H,2-4H2,1H3. The minimum absolute atomic E-state index is 0.140. The fraction of sp³-hybridized carbons (Fsp3) is 0.444. The van der Waals surface area contributed by atoms with Crippen LogP contribution in [0.2, 0.25) is 0 Å².